The third-order valence-electron chi connectivity index (χ3n) is 2.78. The van der Waals surface area contributed by atoms with E-state index >= 15 is 0 Å². The number of carbonyl (C=O) groups excluding carboxylic acids is 1. The molecule has 0 unspecified atom stereocenters. The molecular formula is C20H24K2NO5. The molecule has 0 spiro atoms. The molecule has 0 saturated carbocycles. The average molecular weight is 437 g/mol. The van der Waals surface area contributed by atoms with Gasteiger partial charge >= 0.3 is 51.4 Å². The summed E-state index contributed by atoms with van der Waals surface area (Å²) in [4.78, 5) is 11.2. The van der Waals surface area contributed by atoms with E-state index in [1.807, 2.05) is 74.5 Å². The fraction of sp³-hybridized carbons (Fsp3) is 0.200. The van der Waals surface area contributed by atoms with Gasteiger partial charge in [-0.05, 0) is 26.0 Å². The van der Waals surface area contributed by atoms with Gasteiger partial charge in [-0.15, -0.1) is 0 Å². The largest absolute Gasteiger partial charge is 1.00 e. The quantitative estimate of drug-likeness (QED) is 0.129. The van der Waals surface area contributed by atoms with Crippen LogP contribution in [0, 0.1) is 5.41 Å². The van der Waals surface area contributed by atoms with Crippen molar-refractivity contribution in [3.8, 4) is 0 Å². The molecule has 28 heavy (non-hydrogen) atoms. The topological polar surface area (TPSA) is 91.7 Å². The van der Waals surface area contributed by atoms with Crippen molar-refractivity contribution in [1.29, 1.82) is 5.41 Å². The summed E-state index contributed by atoms with van der Waals surface area (Å²) in [6, 6.07) is 19.3. The zero-order valence-electron chi connectivity index (χ0n) is 17.0. The van der Waals surface area contributed by atoms with Gasteiger partial charge in [-0.1, -0.05) is 55.1 Å². The Labute approximate surface area is 251 Å². The molecule has 0 atom stereocenters. The smallest absolute Gasteiger partial charge is 0.662 e. The Bertz CT molecular complexity index is 586. The van der Waals surface area contributed by atoms with Gasteiger partial charge in [-0.2, -0.15) is 0 Å². The Morgan fingerprint density at radius 2 is 1.36 bits per heavy atom. The summed E-state index contributed by atoms with van der Waals surface area (Å²) in [7, 11) is 0. The maximum Gasteiger partial charge on any atom is 1.00 e. The number of benzene rings is 2. The van der Waals surface area contributed by atoms with Crippen molar-refractivity contribution < 1.29 is 75.8 Å². The summed E-state index contributed by atoms with van der Waals surface area (Å²) in [5, 5.41) is 15.8. The minimum atomic E-state index is -0.181. The first-order chi connectivity index (χ1) is 12.6. The van der Waals surface area contributed by atoms with Crippen LogP contribution in [0.25, 0.3) is 5.76 Å². The van der Waals surface area contributed by atoms with Crippen LogP contribution in [0.1, 0.15) is 25.0 Å². The van der Waals surface area contributed by atoms with Crippen molar-refractivity contribution in [1.82, 2.24) is 0 Å². The van der Waals surface area contributed by atoms with Crippen molar-refractivity contribution in [3.05, 3.63) is 78.4 Å². The molecule has 0 heterocycles. The molecule has 141 valence electrons. The predicted octanol–water partition coefficient (Wildman–Crippen LogP) is -0.200. The maximum atomic E-state index is 8.64. The van der Waals surface area contributed by atoms with Crippen LogP contribution < -0.4 is 56.6 Å². The number of rotatable bonds is 6. The first-order valence-corrected chi connectivity index (χ1v) is 7.96. The van der Waals surface area contributed by atoms with E-state index in [0.29, 0.717) is 13.2 Å². The van der Waals surface area contributed by atoms with Crippen molar-refractivity contribution in [2.24, 2.45) is 0 Å². The minimum absolute atomic E-state index is 0. The molecule has 0 amide bonds. The summed E-state index contributed by atoms with van der Waals surface area (Å²) < 4.78 is 10.2. The summed E-state index contributed by atoms with van der Waals surface area (Å²) in [5.41, 5.74) is 1.88. The molecule has 1 N–H and O–H groups in total. The second-order valence-electron chi connectivity index (χ2n) is 4.54. The molecule has 2 aromatic rings. The molecule has 8 heteroatoms. The maximum absolute atomic E-state index is 8.64. The zero-order valence-corrected chi connectivity index (χ0v) is 23.3. The van der Waals surface area contributed by atoms with E-state index in [2.05, 4.69) is 11.5 Å². The second kappa shape index (κ2) is 23.4. The fourth-order valence-corrected chi connectivity index (χ4v) is 1.70. The Balaban J connectivity index is -0.000000355. The van der Waals surface area contributed by atoms with Crippen molar-refractivity contribution in [3.63, 3.8) is 0 Å². The van der Waals surface area contributed by atoms with Gasteiger partial charge < -0.3 is 19.6 Å². The fourth-order valence-electron chi connectivity index (χ4n) is 1.70. The van der Waals surface area contributed by atoms with Crippen LogP contribution in [0.5, 0.6) is 0 Å². The van der Waals surface area contributed by atoms with Gasteiger partial charge in [0.25, 0.3) is 6.47 Å². The first kappa shape index (κ1) is 32.8. The minimum Gasteiger partial charge on any atom is -0.662 e. The summed E-state index contributed by atoms with van der Waals surface area (Å²) in [5.74, 6) is 0.987. The van der Waals surface area contributed by atoms with Crippen molar-refractivity contribution >= 4 is 69.5 Å². The molecule has 0 aliphatic carbocycles. The van der Waals surface area contributed by atoms with Gasteiger partial charge in [0.05, 0.1) is 13.2 Å². The summed E-state index contributed by atoms with van der Waals surface area (Å²) in [6.45, 7) is 8.66. The Kier molecular flexibility index (Phi) is 27.5. The third kappa shape index (κ3) is 17.0. The predicted molar refractivity (Wildman–Crippen MR) is 105 cm³/mol. The zero-order chi connectivity index (χ0) is 19.6. The standard InChI is InChI=1S/C10H12O.C9H11NO.CH2O3.2K/c1-3-11-9(2)10-7-5-4-6-8-10;1-2-11-9(10)8-6-4-3-5-7-8;2-1-4-3;;/h4-8H,2-3H2,1H3;3-7,10H,2H2,1H3;1,3H;;/q;;;;+1/p-1. The number of hydrogen-bond donors (Lipinski definition) is 1. The van der Waals surface area contributed by atoms with E-state index in [0.717, 1.165) is 16.9 Å². The van der Waals surface area contributed by atoms with Crippen LogP contribution in [0.15, 0.2) is 67.2 Å². The Morgan fingerprint density at radius 1 is 0.964 bits per heavy atom. The number of carbonyl (C=O) groups is 1. The molecule has 1 radical (unpaired) electrons. The van der Waals surface area contributed by atoms with Crippen LogP contribution in [-0.2, 0) is 19.2 Å². The van der Waals surface area contributed by atoms with Crippen LogP contribution in [-0.4, -0.2) is 77.0 Å². The van der Waals surface area contributed by atoms with Gasteiger partial charge in [0.1, 0.15) is 5.76 Å². The Morgan fingerprint density at radius 3 is 1.71 bits per heavy atom. The van der Waals surface area contributed by atoms with E-state index in [1.165, 1.54) is 0 Å². The molecule has 0 fully saturated rings. The van der Waals surface area contributed by atoms with Crippen LogP contribution >= 0.6 is 0 Å². The molecule has 0 aliphatic heterocycles. The van der Waals surface area contributed by atoms with E-state index in [1.54, 1.807) is 0 Å². The number of nitrogens with one attached hydrogen (secondary N) is 1. The molecule has 0 aliphatic rings. The summed E-state index contributed by atoms with van der Waals surface area (Å²) in [6.07, 6.45) is 0. The molecule has 0 saturated heterocycles. The number of ether oxygens (including phenoxy) is 2. The first-order valence-electron chi connectivity index (χ1n) is 7.96. The second-order valence-corrected chi connectivity index (χ2v) is 4.54. The molecule has 0 aromatic heterocycles. The van der Waals surface area contributed by atoms with Gasteiger partial charge in [-0.25, -0.2) is 0 Å². The van der Waals surface area contributed by atoms with E-state index < -0.39 is 0 Å². The van der Waals surface area contributed by atoms with Gasteiger partial charge in [0.15, 0.2) is 0 Å². The molecule has 2 rings (SSSR count). The van der Waals surface area contributed by atoms with Crippen molar-refractivity contribution in [2.45, 2.75) is 13.8 Å². The van der Waals surface area contributed by atoms with Gasteiger partial charge in [0, 0.05) is 62.5 Å². The van der Waals surface area contributed by atoms with Crippen LogP contribution in [0.3, 0.4) is 0 Å². The monoisotopic (exact) mass is 436 g/mol. The van der Waals surface area contributed by atoms with Gasteiger partial charge in [-0.3, -0.25) is 10.2 Å². The third-order valence-corrected chi connectivity index (χ3v) is 2.78. The normalized spacial score (nSPS) is 7.96. The molecule has 0 bridgehead atoms. The van der Waals surface area contributed by atoms with Gasteiger partial charge in [0.2, 0.25) is 5.90 Å². The number of hydrogen-bond acceptors (Lipinski definition) is 6. The average Bonchev–Trinajstić information content (AvgIpc) is 2.70. The molecule has 6 nitrogen and oxygen atoms in total. The van der Waals surface area contributed by atoms with Crippen LogP contribution in [0.4, 0.5) is 0 Å². The summed E-state index contributed by atoms with van der Waals surface area (Å²) >= 11 is 0. The van der Waals surface area contributed by atoms with E-state index in [9.17, 15) is 0 Å². The SMILES string of the molecule is C=C(OCC)c1ccccc1.CCOC(=N)c1ccccc1.O=CO[O-].[K+].[K]. The Hall–Kier alpha value is 0.153. The molecule has 2 aromatic carbocycles. The van der Waals surface area contributed by atoms with E-state index in [4.69, 9.17) is 24.9 Å². The van der Waals surface area contributed by atoms with E-state index in [-0.39, 0.29) is 115 Å². The van der Waals surface area contributed by atoms with Crippen molar-refractivity contribution in [2.75, 3.05) is 13.2 Å². The van der Waals surface area contributed by atoms with Crippen LogP contribution in [0.2, 0.25) is 0 Å². The molecular weight excluding hydrogens is 412 g/mol.